The maximum Gasteiger partial charge on any atom is 0.238 e. The van der Waals surface area contributed by atoms with Gasteiger partial charge in [0.1, 0.15) is 6.04 Å². The minimum absolute atomic E-state index is 0.0826. The Morgan fingerprint density at radius 3 is 2.94 bits per heavy atom. The quantitative estimate of drug-likeness (QED) is 0.462. The Morgan fingerprint density at radius 2 is 2.41 bits per heavy atom. The molecule has 1 saturated heterocycles. The number of rotatable bonds is 6. The molecule has 0 aromatic carbocycles. The Balaban J connectivity index is 2.26. The standard InChI is InChI=1S/C11H21N3O3/c1-2-8(3-4-15)5-14-11(17)9-6-13-10(16)7-12-9/h8-9,12,15H,2-7H2,1H3,(H,13,16)(H,14,17). The summed E-state index contributed by atoms with van der Waals surface area (Å²) in [6.45, 7) is 3.27. The lowest BCUT2D eigenvalue weighted by atomic mass is 10.0. The van der Waals surface area contributed by atoms with Crippen LogP contribution in [0.2, 0.25) is 0 Å². The average Bonchev–Trinajstić information content (AvgIpc) is 2.35. The van der Waals surface area contributed by atoms with E-state index in [9.17, 15) is 9.59 Å². The summed E-state index contributed by atoms with van der Waals surface area (Å²) in [6, 6.07) is -0.348. The zero-order valence-electron chi connectivity index (χ0n) is 10.2. The van der Waals surface area contributed by atoms with E-state index in [0.29, 0.717) is 25.4 Å². The van der Waals surface area contributed by atoms with Crippen molar-refractivity contribution in [1.29, 1.82) is 0 Å². The normalized spacial score (nSPS) is 21.8. The zero-order valence-corrected chi connectivity index (χ0v) is 10.2. The minimum Gasteiger partial charge on any atom is -0.396 e. The van der Waals surface area contributed by atoms with Crippen LogP contribution >= 0.6 is 0 Å². The Bertz CT molecular complexity index is 261. The van der Waals surface area contributed by atoms with Crippen molar-refractivity contribution in [3.05, 3.63) is 0 Å². The molecular formula is C11H21N3O3. The highest BCUT2D eigenvalue weighted by Crippen LogP contribution is 2.05. The lowest BCUT2D eigenvalue weighted by molar-refractivity contribution is -0.126. The van der Waals surface area contributed by atoms with Crippen LogP contribution in [0.25, 0.3) is 0 Å². The smallest absolute Gasteiger partial charge is 0.238 e. The summed E-state index contributed by atoms with van der Waals surface area (Å²) in [6.07, 6.45) is 1.63. The van der Waals surface area contributed by atoms with Crippen LogP contribution in [-0.4, -0.2) is 49.2 Å². The fourth-order valence-electron chi connectivity index (χ4n) is 1.75. The van der Waals surface area contributed by atoms with Gasteiger partial charge in [0.15, 0.2) is 0 Å². The van der Waals surface area contributed by atoms with Crippen molar-refractivity contribution in [3.63, 3.8) is 0 Å². The van der Waals surface area contributed by atoms with Gasteiger partial charge in [-0.25, -0.2) is 0 Å². The highest BCUT2D eigenvalue weighted by molar-refractivity contribution is 5.86. The first kappa shape index (κ1) is 13.9. The second-order valence-corrected chi connectivity index (χ2v) is 4.27. The maximum absolute atomic E-state index is 11.7. The summed E-state index contributed by atoms with van der Waals surface area (Å²) in [4.78, 5) is 22.6. The fraction of sp³-hybridized carbons (Fsp3) is 0.818. The number of piperazine rings is 1. The van der Waals surface area contributed by atoms with Crippen LogP contribution in [0.5, 0.6) is 0 Å². The van der Waals surface area contributed by atoms with Gasteiger partial charge >= 0.3 is 0 Å². The predicted octanol–water partition coefficient (Wildman–Crippen LogP) is -1.40. The molecule has 1 fully saturated rings. The molecule has 2 unspecified atom stereocenters. The highest BCUT2D eigenvalue weighted by atomic mass is 16.3. The van der Waals surface area contributed by atoms with E-state index < -0.39 is 0 Å². The van der Waals surface area contributed by atoms with Crippen LogP contribution in [0.4, 0.5) is 0 Å². The van der Waals surface area contributed by atoms with Gasteiger partial charge in [0, 0.05) is 19.7 Å². The second-order valence-electron chi connectivity index (χ2n) is 4.27. The average molecular weight is 243 g/mol. The second kappa shape index (κ2) is 7.24. The number of hydrogen-bond acceptors (Lipinski definition) is 4. The van der Waals surface area contributed by atoms with E-state index in [4.69, 9.17) is 5.11 Å². The molecule has 2 atom stereocenters. The van der Waals surface area contributed by atoms with Gasteiger partial charge < -0.3 is 15.7 Å². The number of carbonyl (C=O) groups is 2. The monoisotopic (exact) mass is 243 g/mol. The van der Waals surface area contributed by atoms with Gasteiger partial charge in [-0.2, -0.15) is 0 Å². The molecule has 0 saturated carbocycles. The predicted molar refractivity (Wildman–Crippen MR) is 63.3 cm³/mol. The van der Waals surface area contributed by atoms with E-state index in [1.54, 1.807) is 0 Å². The molecular weight excluding hydrogens is 222 g/mol. The SMILES string of the molecule is CCC(CCO)CNC(=O)C1CNC(=O)CN1. The summed E-state index contributed by atoms with van der Waals surface area (Å²) < 4.78 is 0. The van der Waals surface area contributed by atoms with Crippen LogP contribution in [0.3, 0.4) is 0 Å². The first-order valence-corrected chi connectivity index (χ1v) is 6.06. The largest absolute Gasteiger partial charge is 0.396 e. The van der Waals surface area contributed by atoms with Crippen LogP contribution in [0.1, 0.15) is 19.8 Å². The summed E-state index contributed by atoms with van der Waals surface area (Å²) in [5.74, 6) is 0.129. The minimum atomic E-state index is -0.348. The molecule has 17 heavy (non-hydrogen) atoms. The molecule has 0 bridgehead atoms. The van der Waals surface area contributed by atoms with Gasteiger partial charge in [-0.15, -0.1) is 0 Å². The lowest BCUT2D eigenvalue weighted by Gasteiger charge is -2.24. The Labute approximate surface area is 101 Å². The topological polar surface area (TPSA) is 90.5 Å². The first-order valence-electron chi connectivity index (χ1n) is 6.06. The van der Waals surface area contributed by atoms with Crippen molar-refractivity contribution >= 4 is 11.8 Å². The van der Waals surface area contributed by atoms with Crippen LogP contribution in [0.15, 0.2) is 0 Å². The molecule has 0 aromatic heterocycles. The molecule has 1 rings (SSSR count). The molecule has 1 heterocycles. The van der Waals surface area contributed by atoms with Crippen molar-refractivity contribution in [2.75, 3.05) is 26.2 Å². The first-order chi connectivity index (χ1) is 8.17. The van der Waals surface area contributed by atoms with Crippen molar-refractivity contribution in [2.24, 2.45) is 5.92 Å². The molecule has 0 aliphatic carbocycles. The van der Waals surface area contributed by atoms with E-state index in [1.807, 2.05) is 6.92 Å². The van der Waals surface area contributed by atoms with Crippen molar-refractivity contribution in [3.8, 4) is 0 Å². The van der Waals surface area contributed by atoms with Crippen LogP contribution < -0.4 is 16.0 Å². The number of aliphatic hydroxyl groups is 1. The zero-order chi connectivity index (χ0) is 12.7. The summed E-state index contributed by atoms with van der Waals surface area (Å²) in [5, 5.41) is 17.2. The van der Waals surface area contributed by atoms with E-state index >= 15 is 0 Å². The number of amides is 2. The third-order valence-corrected chi connectivity index (χ3v) is 3.01. The number of aliphatic hydroxyl groups excluding tert-OH is 1. The third-order valence-electron chi connectivity index (χ3n) is 3.01. The van der Waals surface area contributed by atoms with Gasteiger partial charge in [0.2, 0.25) is 11.8 Å². The lowest BCUT2D eigenvalue weighted by Crippen LogP contribution is -2.58. The number of nitrogens with one attached hydrogen (secondary N) is 3. The van der Waals surface area contributed by atoms with Crippen molar-refractivity contribution in [2.45, 2.75) is 25.8 Å². The molecule has 0 aromatic rings. The summed E-state index contributed by atoms with van der Waals surface area (Å²) in [7, 11) is 0. The van der Waals surface area contributed by atoms with Crippen LogP contribution in [0, 0.1) is 5.92 Å². The molecule has 0 spiro atoms. The van der Waals surface area contributed by atoms with Gasteiger partial charge in [-0.1, -0.05) is 13.3 Å². The number of carbonyl (C=O) groups excluding carboxylic acids is 2. The maximum atomic E-state index is 11.7. The summed E-state index contributed by atoms with van der Waals surface area (Å²) in [5.41, 5.74) is 0. The Morgan fingerprint density at radius 1 is 1.65 bits per heavy atom. The van der Waals surface area contributed by atoms with E-state index in [-0.39, 0.29) is 31.0 Å². The van der Waals surface area contributed by atoms with Gasteiger partial charge in [0.05, 0.1) is 6.54 Å². The number of hydrogen-bond donors (Lipinski definition) is 4. The summed E-state index contributed by atoms with van der Waals surface area (Å²) >= 11 is 0. The van der Waals surface area contributed by atoms with E-state index in [1.165, 1.54) is 0 Å². The van der Waals surface area contributed by atoms with E-state index in [2.05, 4.69) is 16.0 Å². The Hall–Kier alpha value is -1.14. The fourth-order valence-corrected chi connectivity index (χ4v) is 1.75. The van der Waals surface area contributed by atoms with Gasteiger partial charge in [-0.05, 0) is 12.3 Å². The van der Waals surface area contributed by atoms with Gasteiger partial charge in [0.25, 0.3) is 0 Å². The molecule has 0 radical (unpaired) electrons. The Kier molecular flexibility index (Phi) is 5.93. The molecule has 1 aliphatic heterocycles. The molecule has 1 aliphatic rings. The molecule has 2 amide bonds. The molecule has 6 nitrogen and oxygen atoms in total. The highest BCUT2D eigenvalue weighted by Gasteiger charge is 2.23. The van der Waals surface area contributed by atoms with Gasteiger partial charge in [-0.3, -0.25) is 14.9 Å². The molecule has 98 valence electrons. The third kappa shape index (κ3) is 4.70. The van der Waals surface area contributed by atoms with Crippen molar-refractivity contribution < 1.29 is 14.7 Å². The molecule has 4 N–H and O–H groups in total. The van der Waals surface area contributed by atoms with Crippen LogP contribution in [-0.2, 0) is 9.59 Å². The van der Waals surface area contributed by atoms with Crippen molar-refractivity contribution in [1.82, 2.24) is 16.0 Å². The molecule has 6 heteroatoms. The van der Waals surface area contributed by atoms with E-state index in [0.717, 1.165) is 6.42 Å².